The molecule has 1 N–H and O–H groups in total. The first-order valence-electron chi connectivity index (χ1n) is 7.37. The number of esters is 1. The molecule has 26 heavy (non-hydrogen) atoms. The van der Waals surface area contributed by atoms with Gasteiger partial charge in [0.05, 0.1) is 17.6 Å². The summed E-state index contributed by atoms with van der Waals surface area (Å²) < 4.78 is 24.1. The maximum absolute atomic E-state index is 13.7. The summed E-state index contributed by atoms with van der Waals surface area (Å²) in [6.07, 6.45) is 1.51. The highest BCUT2D eigenvalue weighted by Crippen LogP contribution is 2.32. The van der Waals surface area contributed by atoms with Gasteiger partial charge >= 0.3 is 5.97 Å². The van der Waals surface area contributed by atoms with Crippen molar-refractivity contribution in [3.63, 3.8) is 0 Å². The van der Waals surface area contributed by atoms with E-state index in [-0.39, 0.29) is 22.0 Å². The Kier molecular flexibility index (Phi) is 5.04. The molecule has 1 aliphatic heterocycles. The van der Waals surface area contributed by atoms with Crippen LogP contribution in [0.1, 0.15) is 15.9 Å². The van der Waals surface area contributed by atoms with Crippen molar-refractivity contribution in [3.05, 3.63) is 64.3 Å². The molecule has 0 radical (unpaired) electrons. The van der Waals surface area contributed by atoms with Crippen LogP contribution in [0.2, 0.25) is 0 Å². The second-order valence-electron chi connectivity index (χ2n) is 5.13. The molecule has 0 spiro atoms. The maximum atomic E-state index is 13.7. The van der Waals surface area contributed by atoms with Crippen molar-refractivity contribution in [2.24, 2.45) is 0 Å². The van der Waals surface area contributed by atoms with Crippen molar-refractivity contribution in [1.29, 1.82) is 0 Å². The summed E-state index contributed by atoms with van der Waals surface area (Å²) in [5.41, 5.74) is 0.373. The van der Waals surface area contributed by atoms with Crippen molar-refractivity contribution in [1.82, 2.24) is 5.32 Å². The summed E-state index contributed by atoms with van der Waals surface area (Å²) in [4.78, 5) is 35.1. The van der Waals surface area contributed by atoms with Crippen LogP contribution in [0, 0.1) is 5.82 Å². The Bertz CT molecular complexity index is 941. The predicted molar refractivity (Wildman–Crippen MR) is 93.5 cm³/mol. The molecule has 2 amide bonds. The zero-order valence-electron chi connectivity index (χ0n) is 13.4. The highest BCUT2D eigenvalue weighted by molar-refractivity contribution is 8.18. The van der Waals surface area contributed by atoms with E-state index in [4.69, 9.17) is 9.47 Å². The molecule has 2 aromatic rings. The van der Waals surface area contributed by atoms with Crippen LogP contribution in [0.15, 0.2) is 47.4 Å². The van der Waals surface area contributed by atoms with Crippen LogP contribution in [0.5, 0.6) is 11.5 Å². The number of thioether (sulfide) groups is 1. The fourth-order valence-corrected chi connectivity index (χ4v) is 2.89. The number of rotatable bonds is 4. The van der Waals surface area contributed by atoms with Gasteiger partial charge in [0, 0.05) is 0 Å². The third-order valence-electron chi connectivity index (χ3n) is 3.42. The normalized spacial score (nSPS) is 15.1. The van der Waals surface area contributed by atoms with Crippen molar-refractivity contribution in [3.8, 4) is 11.5 Å². The van der Waals surface area contributed by atoms with E-state index in [1.807, 2.05) is 0 Å². The molecule has 0 atom stereocenters. The first-order valence-corrected chi connectivity index (χ1v) is 8.19. The molecule has 1 heterocycles. The molecule has 0 aromatic heterocycles. The average molecular weight is 373 g/mol. The predicted octanol–water partition coefficient (Wildman–Crippen LogP) is 3.38. The molecule has 132 valence electrons. The maximum Gasteiger partial charge on any atom is 0.346 e. The van der Waals surface area contributed by atoms with Crippen LogP contribution >= 0.6 is 11.8 Å². The quantitative estimate of drug-likeness (QED) is 0.503. The fourth-order valence-electron chi connectivity index (χ4n) is 2.21. The molecule has 0 saturated carbocycles. The topological polar surface area (TPSA) is 81.7 Å². The largest absolute Gasteiger partial charge is 0.493 e. The van der Waals surface area contributed by atoms with Gasteiger partial charge in [-0.3, -0.25) is 14.9 Å². The van der Waals surface area contributed by atoms with Crippen LogP contribution in [0.3, 0.4) is 0 Å². The highest BCUT2D eigenvalue weighted by atomic mass is 32.2. The summed E-state index contributed by atoms with van der Waals surface area (Å²) >= 11 is 0.789. The van der Waals surface area contributed by atoms with Crippen molar-refractivity contribution < 1.29 is 28.2 Å². The number of ether oxygens (including phenoxy) is 2. The summed E-state index contributed by atoms with van der Waals surface area (Å²) in [5, 5.41) is 1.72. The van der Waals surface area contributed by atoms with Gasteiger partial charge in [-0.1, -0.05) is 18.2 Å². The monoisotopic (exact) mass is 373 g/mol. The minimum absolute atomic E-state index is 0.0995. The molecule has 2 aromatic carbocycles. The zero-order valence-corrected chi connectivity index (χ0v) is 14.3. The van der Waals surface area contributed by atoms with Gasteiger partial charge in [0.2, 0.25) is 0 Å². The third kappa shape index (κ3) is 3.75. The number of hydrogen-bond acceptors (Lipinski definition) is 6. The first-order chi connectivity index (χ1) is 12.5. The molecule has 1 aliphatic rings. The number of halogens is 1. The third-order valence-corrected chi connectivity index (χ3v) is 4.23. The molecule has 8 heteroatoms. The molecule has 1 fully saturated rings. The highest BCUT2D eigenvalue weighted by Gasteiger charge is 2.25. The molecule has 0 aliphatic carbocycles. The Balaban J connectivity index is 1.85. The average Bonchev–Trinajstić information content (AvgIpc) is 2.93. The second kappa shape index (κ2) is 7.40. The van der Waals surface area contributed by atoms with Gasteiger partial charge in [0.15, 0.2) is 11.5 Å². The lowest BCUT2D eigenvalue weighted by Crippen LogP contribution is -2.17. The summed E-state index contributed by atoms with van der Waals surface area (Å²) in [6.45, 7) is 0. The molecule has 0 unspecified atom stereocenters. The number of hydrogen-bond donors (Lipinski definition) is 1. The van der Waals surface area contributed by atoms with Crippen LogP contribution in [-0.2, 0) is 4.79 Å². The van der Waals surface area contributed by atoms with Gasteiger partial charge in [-0.25, -0.2) is 9.18 Å². The minimum Gasteiger partial charge on any atom is -0.493 e. The van der Waals surface area contributed by atoms with Gasteiger partial charge in [-0.2, -0.15) is 0 Å². The Labute approximate surface area is 152 Å². The Morgan fingerprint density at radius 2 is 1.92 bits per heavy atom. The SMILES string of the molecule is COc1cc(/C=C2\SC(=O)NC2=O)ccc1OC(=O)c1ccccc1F. The summed E-state index contributed by atoms with van der Waals surface area (Å²) in [5.74, 6) is -1.70. The van der Waals surface area contributed by atoms with E-state index in [0.29, 0.717) is 5.56 Å². The van der Waals surface area contributed by atoms with Crippen LogP contribution < -0.4 is 14.8 Å². The van der Waals surface area contributed by atoms with E-state index in [2.05, 4.69) is 5.32 Å². The van der Waals surface area contributed by atoms with E-state index in [1.54, 1.807) is 6.07 Å². The first kappa shape index (κ1) is 17.7. The van der Waals surface area contributed by atoms with E-state index in [9.17, 15) is 18.8 Å². The molecular formula is C18H12FNO5S. The van der Waals surface area contributed by atoms with E-state index in [1.165, 1.54) is 43.5 Å². The number of nitrogens with one attached hydrogen (secondary N) is 1. The lowest BCUT2D eigenvalue weighted by molar-refractivity contribution is -0.115. The van der Waals surface area contributed by atoms with Gasteiger partial charge < -0.3 is 9.47 Å². The summed E-state index contributed by atoms with van der Waals surface area (Å²) in [6, 6.07) is 10.0. The standard InChI is InChI=1S/C18H12FNO5S/c1-24-14-8-10(9-15-16(21)20-18(23)26-15)6-7-13(14)25-17(22)11-4-2-3-5-12(11)19/h2-9H,1H3,(H,20,21,23)/b15-9-. The van der Waals surface area contributed by atoms with Crippen LogP contribution in [0.4, 0.5) is 9.18 Å². The van der Waals surface area contributed by atoms with E-state index in [0.717, 1.165) is 17.8 Å². The smallest absolute Gasteiger partial charge is 0.346 e. The Morgan fingerprint density at radius 1 is 1.15 bits per heavy atom. The second-order valence-corrected chi connectivity index (χ2v) is 6.15. The van der Waals surface area contributed by atoms with E-state index < -0.39 is 22.9 Å². The zero-order chi connectivity index (χ0) is 18.7. The van der Waals surface area contributed by atoms with Gasteiger partial charge in [-0.15, -0.1) is 0 Å². The number of carbonyl (C=O) groups excluding carboxylic acids is 3. The fraction of sp³-hybridized carbons (Fsp3) is 0.0556. The lowest BCUT2D eigenvalue weighted by atomic mass is 10.1. The Hall–Kier alpha value is -3.13. The molecule has 1 saturated heterocycles. The minimum atomic E-state index is -0.858. The number of imide groups is 1. The van der Waals surface area contributed by atoms with Crippen LogP contribution in [-0.4, -0.2) is 24.2 Å². The number of methoxy groups -OCH3 is 1. The molecular weight excluding hydrogens is 361 g/mol. The molecule has 0 bridgehead atoms. The number of benzene rings is 2. The molecule has 3 rings (SSSR count). The van der Waals surface area contributed by atoms with Gasteiger partial charge in [-0.05, 0) is 47.7 Å². The van der Waals surface area contributed by atoms with Gasteiger partial charge in [0.25, 0.3) is 11.1 Å². The van der Waals surface area contributed by atoms with Crippen LogP contribution in [0.25, 0.3) is 6.08 Å². The number of amides is 2. The van der Waals surface area contributed by atoms with Gasteiger partial charge in [0.1, 0.15) is 5.82 Å². The summed E-state index contributed by atoms with van der Waals surface area (Å²) in [7, 11) is 1.38. The molecule has 6 nitrogen and oxygen atoms in total. The van der Waals surface area contributed by atoms with E-state index >= 15 is 0 Å². The van der Waals surface area contributed by atoms with Crippen molar-refractivity contribution in [2.45, 2.75) is 0 Å². The lowest BCUT2D eigenvalue weighted by Gasteiger charge is -2.10. The Morgan fingerprint density at radius 3 is 2.58 bits per heavy atom. The van der Waals surface area contributed by atoms with Crippen molar-refractivity contribution in [2.75, 3.05) is 7.11 Å². The number of carbonyl (C=O) groups is 3. The van der Waals surface area contributed by atoms with Crippen molar-refractivity contribution >= 4 is 35.0 Å².